The molecule has 5 nitrogen and oxygen atoms in total. The molecular formula is C19H23N3O2. The molecule has 2 aromatic heterocycles. The van der Waals surface area contributed by atoms with Crippen molar-refractivity contribution in [2.45, 2.75) is 38.5 Å². The van der Waals surface area contributed by atoms with Gasteiger partial charge in [0.05, 0.1) is 6.26 Å². The number of hydrogen-bond acceptors (Lipinski definition) is 3. The smallest absolute Gasteiger partial charge is 0.271 e. The fourth-order valence-corrected chi connectivity index (χ4v) is 5.86. The van der Waals surface area contributed by atoms with Gasteiger partial charge in [0.25, 0.3) is 5.91 Å². The number of aromatic amines is 1. The molecule has 0 atom stereocenters. The third-order valence-corrected chi connectivity index (χ3v) is 6.39. The van der Waals surface area contributed by atoms with E-state index in [-0.39, 0.29) is 5.91 Å². The Hall–Kier alpha value is -2.04. The highest BCUT2D eigenvalue weighted by atomic mass is 16.3. The molecule has 1 amide bonds. The van der Waals surface area contributed by atoms with Gasteiger partial charge in [-0.15, -0.1) is 0 Å². The van der Waals surface area contributed by atoms with Crippen molar-refractivity contribution in [1.82, 2.24) is 15.5 Å². The normalized spacial score (nSPS) is 33.8. The van der Waals surface area contributed by atoms with E-state index < -0.39 is 0 Å². The molecule has 4 aliphatic rings. The molecule has 4 fully saturated rings. The maximum atomic E-state index is 12.5. The lowest BCUT2D eigenvalue weighted by Crippen LogP contribution is -2.51. The Morgan fingerprint density at radius 3 is 2.58 bits per heavy atom. The summed E-state index contributed by atoms with van der Waals surface area (Å²) >= 11 is 0. The molecule has 0 saturated heterocycles. The lowest BCUT2D eigenvalue weighted by Gasteiger charge is -2.56. The zero-order chi connectivity index (χ0) is 16.1. The van der Waals surface area contributed by atoms with E-state index in [4.69, 9.17) is 4.42 Å². The Balaban J connectivity index is 1.26. The Kier molecular flexibility index (Phi) is 3.12. The van der Waals surface area contributed by atoms with Crippen LogP contribution in [0.5, 0.6) is 0 Å². The van der Waals surface area contributed by atoms with Crippen molar-refractivity contribution in [3.63, 3.8) is 0 Å². The molecule has 4 saturated carbocycles. The van der Waals surface area contributed by atoms with Gasteiger partial charge in [0.1, 0.15) is 5.69 Å². The van der Waals surface area contributed by atoms with Gasteiger partial charge >= 0.3 is 0 Å². The van der Waals surface area contributed by atoms with Crippen LogP contribution in [0, 0.1) is 23.2 Å². The van der Waals surface area contributed by atoms with Crippen LogP contribution in [0.15, 0.2) is 28.9 Å². The van der Waals surface area contributed by atoms with Gasteiger partial charge in [-0.25, -0.2) is 0 Å². The molecule has 24 heavy (non-hydrogen) atoms. The average molecular weight is 325 g/mol. The second-order valence-electron chi connectivity index (χ2n) is 8.24. The van der Waals surface area contributed by atoms with Crippen LogP contribution in [-0.2, 0) is 0 Å². The fourth-order valence-electron chi connectivity index (χ4n) is 5.86. The first-order valence-electron chi connectivity index (χ1n) is 9.07. The number of hydrogen-bond donors (Lipinski definition) is 2. The number of furan rings is 1. The van der Waals surface area contributed by atoms with Crippen LogP contribution in [0.25, 0.3) is 11.5 Å². The third kappa shape index (κ3) is 2.38. The SMILES string of the molecule is O=C(NCC12CC3CC(CC(C3)C1)C2)c1cc(-c2ccco2)[nH]n1. The van der Waals surface area contributed by atoms with Gasteiger partial charge in [-0.1, -0.05) is 0 Å². The van der Waals surface area contributed by atoms with E-state index >= 15 is 0 Å². The number of nitrogens with zero attached hydrogens (tertiary/aromatic N) is 1. The van der Waals surface area contributed by atoms with Crippen LogP contribution in [-0.4, -0.2) is 22.6 Å². The minimum Gasteiger partial charge on any atom is -0.463 e. The zero-order valence-corrected chi connectivity index (χ0v) is 13.8. The first-order chi connectivity index (χ1) is 11.7. The van der Waals surface area contributed by atoms with Gasteiger partial charge < -0.3 is 9.73 Å². The summed E-state index contributed by atoms with van der Waals surface area (Å²) in [4.78, 5) is 12.5. The van der Waals surface area contributed by atoms with Gasteiger partial charge in [0.2, 0.25) is 0 Å². The maximum absolute atomic E-state index is 12.5. The Labute approximate surface area is 141 Å². The van der Waals surface area contributed by atoms with E-state index in [0.29, 0.717) is 16.9 Å². The molecule has 4 aliphatic carbocycles. The van der Waals surface area contributed by atoms with E-state index in [0.717, 1.165) is 30.0 Å². The number of carbonyl (C=O) groups is 1. The molecule has 0 aliphatic heterocycles. The Morgan fingerprint density at radius 2 is 1.96 bits per heavy atom. The van der Waals surface area contributed by atoms with Gasteiger partial charge in [-0.3, -0.25) is 9.89 Å². The molecule has 6 rings (SSSR count). The summed E-state index contributed by atoms with van der Waals surface area (Å²) in [6.07, 6.45) is 9.81. The van der Waals surface area contributed by atoms with Crippen molar-refractivity contribution < 1.29 is 9.21 Å². The molecular weight excluding hydrogens is 302 g/mol. The molecule has 5 heteroatoms. The van der Waals surface area contributed by atoms with Crippen LogP contribution >= 0.6 is 0 Å². The topological polar surface area (TPSA) is 70.9 Å². The fraction of sp³-hybridized carbons (Fsp3) is 0.579. The third-order valence-electron chi connectivity index (χ3n) is 6.39. The second kappa shape index (κ2) is 5.23. The van der Waals surface area contributed by atoms with E-state index in [2.05, 4.69) is 15.5 Å². The highest BCUT2D eigenvalue weighted by Gasteiger charge is 2.50. The lowest BCUT2D eigenvalue weighted by atomic mass is 9.49. The molecule has 0 spiro atoms. The summed E-state index contributed by atoms with van der Waals surface area (Å²) in [5, 5.41) is 10.2. The number of nitrogens with one attached hydrogen (secondary N) is 2. The van der Waals surface area contributed by atoms with E-state index in [1.54, 1.807) is 12.3 Å². The standard InChI is InChI=1S/C19H23N3O2/c23-18(16-7-15(21-22-16)17-2-1-3-24-17)20-11-19-8-12-4-13(9-19)6-14(5-12)10-19/h1-3,7,12-14H,4-6,8-11H2,(H,20,23)(H,21,22). The lowest BCUT2D eigenvalue weighted by molar-refractivity contribution is -0.0503. The van der Waals surface area contributed by atoms with Gasteiger partial charge in [-0.2, -0.15) is 5.10 Å². The number of H-pyrrole nitrogens is 1. The van der Waals surface area contributed by atoms with Crippen molar-refractivity contribution in [3.05, 3.63) is 30.2 Å². The van der Waals surface area contributed by atoms with Crippen LogP contribution in [0.1, 0.15) is 49.0 Å². The van der Waals surface area contributed by atoms with Crippen molar-refractivity contribution >= 4 is 5.91 Å². The summed E-state index contributed by atoms with van der Waals surface area (Å²) in [6, 6.07) is 5.43. The summed E-state index contributed by atoms with van der Waals surface area (Å²) < 4.78 is 5.33. The summed E-state index contributed by atoms with van der Waals surface area (Å²) in [5.74, 6) is 3.33. The van der Waals surface area contributed by atoms with Crippen molar-refractivity contribution in [1.29, 1.82) is 0 Å². The minimum atomic E-state index is -0.0835. The molecule has 0 radical (unpaired) electrons. The van der Waals surface area contributed by atoms with Crippen LogP contribution in [0.2, 0.25) is 0 Å². The highest BCUT2D eigenvalue weighted by Crippen LogP contribution is 2.59. The highest BCUT2D eigenvalue weighted by molar-refractivity contribution is 5.93. The molecule has 2 aromatic rings. The summed E-state index contributed by atoms with van der Waals surface area (Å²) in [6.45, 7) is 0.804. The van der Waals surface area contributed by atoms with Crippen LogP contribution in [0.4, 0.5) is 0 Å². The minimum absolute atomic E-state index is 0.0835. The second-order valence-corrected chi connectivity index (χ2v) is 8.24. The van der Waals surface area contributed by atoms with Crippen molar-refractivity contribution in [2.75, 3.05) is 6.54 Å². The van der Waals surface area contributed by atoms with Gasteiger partial charge in [-0.05, 0) is 73.8 Å². The largest absolute Gasteiger partial charge is 0.463 e. The van der Waals surface area contributed by atoms with Crippen LogP contribution < -0.4 is 5.32 Å². The van der Waals surface area contributed by atoms with E-state index in [1.807, 2.05) is 12.1 Å². The number of carbonyl (C=O) groups excluding carboxylic acids is 1. The van der Waals surface area contributed by atoms with E-state index in [9.17, 15) is 4.79 Å². The molecule has 126 valence electrons. The average Bonchev–Trinajstić information content (AvgIpc) is 3.22. The number of rotatable bonds is 4. The zero-order valence-electron chi connectivity index (χ0n) is 13.8. The molecule has 2 heterocycles. The maximum Gasteiger partial charge on any atom is 0.271 e. The van der Waals surface area contributed by atoms with Crippen molar-refractivity contribution in [2.24, 2.45) is 23.2 Å². The quantitative estimate of drug-likeness (QED) is 0.902. The number of amides is 1. The van der Waals surface area contributed by atoms with Gasteiger partial charge in [0, 0.05) is 12.6 Å². The molecule has 0 unspecified atom stereocenters. The number of aromatic nitrogens is 2. The van der Waals surface area contributed by atoms with E-state index in [1.165, 1.54) is 38.5 Å². The molecule has 0 aromatic carbocycles. The molecule has 2 N–H and O–H groups in total. The predicted octanol–water partition coefficient (Wildman–Crippen LogP) is 3.62. The van der Waals surface area contributed by atoms with Crippen LogP contribution in [0.3, 0.4) is 0 Å². The monoisotopic (exact) mass is 325 g/mol. The summed E-state index contributed by atoms with van der Waals surface area (Å²) in [5.41, 5.74) is 1.52. The first kappa shape index (κ1) is 14.3. The molecule has 4 bridgehead atoms. The Bertz CT molecular complexity index is 711. The predicted molar refractivity (Wildman–Crippen MR) is 89.2 cm³/mol. The van der Waals surface area contributed by atoms with Gasteiger partial charge in [0.15, 0.2) is 11.5 Å². The first-order valence-corrected chi connectivity index (χ1v) is 9.07. The summed E-state index contributed by atoms with van der Waals surface area (Å²) in [7, 11) is 0. The van der Waals surface area contributed by atoms with Crippen molar-refractivity contribution in [3.8, 4) is 11.5 Å². The Morgan fingerprint density at radius 1 is 1.25 bits per heavy atom.